The maximum absolute atomic E-state index is 11.1. The van der Waals surface area contributed by atoms with Crippen molar-refractivity contribution in [3.8, 4) is 11.6 Å². The maximum Gasteiger partial charge on any atom is 0.250 e. The molecule has 2 aromatic carbocycles. The Bertz CT molecular complexity index is 921. The van der Waals surface area contributed by atoms with Crippen LogP contribution in [0.25, 0.3) is 0 Å². The van der Waals surface area contributed by atoms with E-state index in [0.29, 0.717) is 17.2 Å². The van der Waals surface area contributed by atoms with E-state index in [4.69, 9.17) is 10.5 Å². The molecule has 0 bridgehead atoms. The van der Waals surface area contributed by atoms with Crippen LogP contribution in [0.2, 0.25) is 0 Å². The molecule has 0 aliphatic rings. The Hall–Kier alpha value is -3.18. The second-order valence-corrected chi connectivity index (χ2v) is 6.97. The smallest absolute Gasteiger partial charge is 0.250 e. The van der Waals surface area contributed by atoms with E-state index in [0.717, 1.165) is 19.5 Å². The van der Waals surface area contributed by atoms with E-state index in [9.17, 15) is 4.79 Å². The van der Waals surface area contributed by atoms with E-state index in [-0.39, 0.29) is 0 Å². The average Bonchev–Trinajstić information content (AvgIpc) is 2.68. The molecule has 0 saturated carbocycles. The molecular formula is C23H25N3O2. The fourth-order valence-corrected chi connectivity index (χ4v) is 2.95. The molecule has 144 valence electrons. The van der Waals surface area contributed by atoms with Crippen LogP contribution < -0.4 is 10.5 Å². The SMILES string of the molecule is Cc1cccc(CN(C)CCc2ccc(Oc3ccc(C(N)=O)cn3)cc2)c1. The number of primary amides is 1. The molecule has 5 nitrogen and oxygen atoms in total. The number of aryl methyl sites for hydroxylation is 1. The van der Waals surface area contributed by atoms with Gasteiger partial charge in [0.25, 0.3) is 0 Å². The molecule has 0 aliphatic heterocycles. The van der Waals surface area contributed by atoms with Crippen LogP contribution in [0, 0.1) is 6.92 Å². The Morgan fingerprint density at radius 1 is 1.07 bits per heavy atom. The lowest BCUT2D eigenvalue weighted by atomic mass is 10.1. The summed E-state index contributed by atoms with van der Waals surface area (Å²) in [6, 6.07) is 19.8. The van der Waals surface area contributed by atoms with Crippen LogP contribution >= 0.6 is 0 Å². The van der Waals surface area contributed by atoms with Gasteiger partial charge in [-0.3, -0.25) is 4.79 Å². The number of hydrogen-bond acceptors (Lipinski definition) is 4. The third-order valence-electron chi connectivity index (χ3n) is 4.48. The van der Waals surface area contributed by atoms with Crippen molar-refractivity contribution >= 4 is 5.91 Å². The molecule has 1 amide bonds. The summed E-state index contributed by atoms with van der Waals surface area (Å²) in [4.78, 5) is 17.5. The van der Waals surface area contributed by atoms with Gasteiger partial charge in [-0.25, -0.2) is 4.98 Å². The number of aromatic nitrogens is 1. The lowest BCUT2D eigenvalue weighted by molar-refractivity contribution is 0.1000. The van der Waals surface area contributed by atoms with Gasteiger partial charge in [-0.15, -0.1) is 0 Å². The standard InChI is InChI=1S/C23H25N3O2/c1-17-4-3-5-19(14-17)16-26(2)13-12-18-6-9-21(10-7-18)28-22-11-8-20(15-25-22)23(24)27/h3-11,14-15H,12-13,16H2,1-2H3,(H2,24,27). The van der Waals surface area contributed by atoms with E-state index in [1.165, 1.54) is 22.9 Å². The van der Waals surface area contributed by atoms with Gasteiger partial charge in [0.05, 0.1) is 5.56 Å². The van der Waals surface area contributed by atoms with Crippen LogP contribution in [0.15, 0.2) is 66.9 Å². The van der Waals surface area contributed by atoms with Crippen LogP contribution in [-0.2, 0) is 13.0 Å². The number of amides is 1. The van der Waals surface area contributed by atoms with Crippen molar-refractivity contribution in [2.24, 2.45) is 5.73 Å². The van der Waals surface area contributed by atoms with Crippen molar-refractivity contribution in [1.82, 2.24) is 9.88 Å². The van der Waals surface area contributed by atoms with Gasteiger partial charge in [-0.2, -0.15) is 0 Å². The first-order valence-electron chi connectivity index (χ1n) is 9.26. The highest BCUT2D eigenvalue weighted by atomic mass is 16.5. The minimum atomic E-state index is -0.504. The second-order valence-electron chi connectivity index (χ2n) is 6.97. The zero-order valence-electron chi connectivity index (χ0n) is 16.3. The van der Waals surface area contributed by atoms with Crippen molar-refractivity contribution in [3.05, 3.63) is 89.1 Å². The predicted octanol–water partition coefficient (Wildman–Crippen LogP) is 3.96. The fourth-order valence-electron chi connectivity index (χ4n) is 2.95. The predicted molar refractivity (Wildman–Crippen MR) is 110 cm³/mol. The van der Waals surface area contributed by atoms with Crippen molar-refractivity contribution in [1.29, 1.82) is 0 Å². The number of nitrogens with zero attached hydrogens (tertiary/aromatic N) is 2. The highest BCUT2D eigenvalue weighted by Gasteiger charge is 2.05. The molecule has 0 unspecified atom stereocenters. The van der Waals surface area contributed by atoms with Gasteiger partial charge in [-0.05, 0) is 49.7 Å². The van der Waals surface area contributed by atoms with Gasteiger partial charge in [0.15, 0.2) is 0 Å². The van der Waals surface area contributed by atoms with E-state index < -0.39 is 5.91 Å². The van der Waals surface area contributed by atoms with E-state index in [1.807, 2.05) is 12.1 Å². The molecule has 1 heterocycles. The summed E-state index contributed by atoms with van der Waals surface area (Å²) < 4.78 is 5.71. The highest BCUT2D eigenvalue weighted by Crippen LogP contribution is 2.20. The number of hydrogen-bond donors (Lipinski definition) is 1. The largest absolute Gasteiger partial charge is 0.439 e. The quantitative estimate of drug-likeness (QED) is 0.647. The zero-order chi connectivity index (χ0) is 19.9. The molecule has 0 atom stereocenters. The van der Waals surface area contributed by atoms with Crippen LogP contribution in [0.1, 0.15) is 27.0 Å². The molecule has 0 spiro atoms. The third kappa shape index (κ3) is 5.66. The topological polar surface area (TPSA) is 68.5 Å². The lowest BCUT2D eigenvalue weighted by Gasteiger charge is -2.17. The fraction of sp³-hybridized carbons (Fsp3) is 0.217. The Kier molecular flexibility index (Phi) is 6.40. The first-order valence-corrected chi connectivity index (χ1v) is 9.26. The number of carbonyl (C=O) groups is 1. The summed E-state index contributed by atoms with van der Waals surface area (Å²) in [5.41, 5.74) is 9.44. The Morgan fingerprint density at radius 3 is 2.50 bits per heavy atom. The van der Waals surface area contributed by atoms with Gasteiger partial charge >= 0.3 is 0 Å². The summed E-state index contributed by atoms with van der Waals surface area (Å²) in [5, 5.41) is 0. The molecule has 0 fully saturated rings. The number of carbonyl (C=O) groups excluding carboxylic acids is 1. The number of benzene rings is 2. The third-order valence-corrected chi connectivity index (χ3v) is 4.48. The summed E-state index contributed by atoms with van der Waals surface area (Å²) in [6.45, 7) is 4.04. The van der Waals surface area contributed by atoms with Crippen molar-refractivity contribution < 1.29 is 9.53 Å². The summed E-state index contributed by atoms with van der Waals surface area (Å²) >= 11 is 0. The zero-order valence-corrected chi connectivity index (χ0v) is 16.3. The van der Waals surface area contributed by atoms with Gasteiger partial charge in [-0.1, -0.05) is 42.0 Å². The van der Waals surface area contributed by atoms with E-state index in [2.05, 4.69) is 60.3 Å². The molecule has 0 saturated heterocycles. The molecule has 0 radical (unpaired) electrons. The summed E-state index contributed by atoms with van der Waals surface area (Å²) in [6.07, 6.45) is 2.38. The van der Waals surface area contributed by atoms with Crippen LogP contribution in [0.5, 0.6) is 11.6 Å². The molecule has 2 N–H and O–H groups in total. The van der Waals surface area contributed by atoms with Gasteiger partial charge in [0.2, 0.25) is 11.8 Å². The number of pyridine rings is 1. The van der Waals surface area contributed by atoms with Gasteiger partial charge in [0, 0.05) is 25.4 Å². The molecule has 0 aliphatic carbocycles. The number of nitrogens with two attached hydrogens (primary N) is 1. The lowest BCUT2D eigenvalue weighted by Crippen LogP contribution is -2.20. The van der Waals surface area contributed by atoms with Crippen molar-refractivity contribution in [2.75, 3.05) is 13.6 Å². The van der Waals surface area contributed by atoms with E-state index >= 15 is 0 Å². The summed E-state index contributed by atoms with van der Waals surface area (Å²) in [5.74, 6) is 0.627. The average molecular weight is 375 g/mol. The minimum Gasteiger partial charge on any atom is -0.439 e. The Morgan fingerprint density at radius 2 is 1.86 bits per heavy atom. The number of likely N-dealkylation sites (N-methyl/N-ethyl adjacent to an activating group) is 1. The normalized spacial score (nSPS) is 10.8. The minimum absolute atomic E-state index is 0.359. The Labute approximate surface area is 165 Å². The second kappa shape index (κ2) is 9.15. The molecule has 1 aromatic heterocycles. The maximum atomic E-state index is 11.1. The molecule has 5 heteroatoms. The first kappa shape index (κ1) is 19.6. The first-order chi connectivity index (χ1) is 13.5. The molecule has 28 heavy (non-hydrogen) atoms. The molecule has 3 rings (SSSR count). The Balaban J connectivity index is 1.50. The van der Waals surface area contributed by atoms with Gasteiger partial charge in [0.1, 0.15) is 5.75 Å². The van der Waals surface area contributed by atoms with Crippen LogP contribution in [0.4, 0.5) is 0 Å². The van der Waals surface area contributed by atoms with Crippen molar-refractivity contribution in [2.45, 2.75) is 19.9 Å². The number of rotatable bonds is 8. The van der Waals surface area contributed by atoms with Crippen LogP contribution in [-0.4, -0.2) is 29.4 Å². The monoisotopic (exact) mass is 375 g/mol. The molecular weight excluding hydrogens is 350 g/mol. The van der Waals surface area contributed by atoms with Crippen LogP contribution in [0.3, 0.4) is 0 Å². The van der Waals surface area contributed by atoms with Crippen molar-refractivity contribution in [3.63, 3.8) is 0 Å². The van der Waals surface area contributed by atoms with E-state index in [1.54, 1.807) is 12.1 Å². The summed E-state index contributed by atoms with van der Waals surface area (Å²) in [7, 11) is 2.14. The van der Waals surface area contributed by atoms with Gasteiger partial charge < -0.3 is 15.4 Å². The molecule has 3 aromatic rings. The highest BCUT2D eigenvalue weighted by molar-refractivity contribution is 5.92. The number of ether oxygens (including phenoxy) is 1.